The highest BCUT2D eigenvalue weighted by Gasteiger charge is 2.51. The van der Waals surface area contributed by atoms with E-state index >= 15 is 0 Å². The number of hydrogen-bond donors (Lipinski definition) is 0. The predicted octanol–water partition coefficient (Wildman–Crippen LogP) is 7.42. The molecule has 0 aliphatic carbocycles. The van der Waals surface area contributed by atoms with Crippen LogP contribution in [0.15, 0.2) is 0 Å². The number of phosphoric acid groups is 1. The highest BCUT2D eigenvalue weighted by molar-refractivity contribution is 7.48. The van der Waals surface area contributed by atoms with E-state index in [0.29, 0.717) is 0 Å². The van der Waals surface area contributed by atoms with Gasteiger partial charge in [0.2, 0.25) is 0 Å². The SMILES string of the molecule is CC(Cl)(OP(=O)(OC(C)(Cl)C(Cl)Cl)OC(C)(Cl)C(Cl)Cl)C(Cl)Cl. The molecule has 0 fully saturated rings. The molecule has 0 aliphatic heterocycles. The Kier molecular flexibility index (Phi) is 10.4. The average molecular weight is 534 g/mol. The first-order valence-electron chi connectivity index (χ1n) is 5.58. The van der Waals surface area contributed by atoms with Crippen LogP contribution in [0, 0.1) is 0 Å². The summed E-state index contributed by atoms with van der Waals surface area (Å²) in [5, 5.41) is -5.71. The molecular formula is C9H12Cl9O4P. The molecule has 3 unspecified atom stereocenters. The molecule has 0 radical (unpaired) electrons. The van der Waals surface area contributed by atoms with Crippen molar-refractivity contribution in [2.75, 3.05) is 0 Å². The first kappa shape index (κ1) is 25.7. The topological polar surface area (TPSA) is 44.8 Å². The standard InChI is InChI=1S/C9H12Cl9O4P/c1-7(16,4(10)11)20-23(19,21-8(2,17)5(12)13)22-9(3,18)6(14)15/h4-6H,1-3H3. The van der Waals surface area contributed by atoms with Gasteiger partial charge >= 0.3 is 7.82 Å². The molecule has 0 saturated carbocycles. The van der Waals surface area contributed by atoms with Gasteiger partial charge in [0.15, 0.2) is 29.7 Å². The normalized spacial score (nSPS) is 23.4. The fourth-order valence-electron chi connectivity index (χ4n) is 0.831. The van der Waals surface area contributed by atoms with Crippen molar-refractivity contribution in [1.82, 2.24) is 0 Å². The first-order chi connectivity index (χ1) is 9.95. The summed E-state index contributed by atoms with van der Waals surface area (Å²) in [6, 6.07) is 0. The Bertz CT molecular complexity index is 379. The Labute approximate surface area is 179 Å². The molecule has 4 nitrogen and oxygen atoms in total. The van der Waals surface area contributed by atoms with Crippen LogP contribution in [0.1, 0.15) is 20.8 Å². The monoisotopic (exact) mass is 530 g/mol. The summed E-state index contributed by atoms with van der Waals surface area (Å²) in [7, 11) is -4.65. The van der Waals surface area contributed by atoms with Crippen LogP contribution in [0.4, 0.5) is 0 Å². The van der Waals surface area contributed by atoms with E-state index in [9.17, 15) is 4.57 Å². The Balaban J connectivity index is 5.67. The van der Waals surface area contributed by atoms with E-state index in [2.05, 4.69) is 0 Å². The van der Waals surface area contributed by atoms with Gasteiger partial charge in [-0.3, -0.25) is 13.6 Å². The Morgan fingerprint density at radius 2 is 0.826 bits per heavy atom. The fraction of sp³-hybridized carbons (Fsp3) is 1.00. The largest absolute Gasteiger partial charge is 0.480 e. The third kappa shape index (κ3) is 8.51. The number of halogens is 9. The highest BCUT2D eigenvalue weighted by Crippen LogP contribution is 2.62. The second kappa shape index (κ2) is 9.28. The molecule has 0 rings (SSSR count). The van der Waals surface area contributed by atoms with Gasteiger partial charge in [0.05, 0.1) is 0 Å². The van der Waals surface area contributed by atoms with Crippen molar-refractivity contribution in [3.05, 3.63) is 0 Å². The van der Waals surface area contributed by atoms with Crippen LogP contribution in [0.5, 0.6) is 0 Å². The maximum absolute atomic E-state index is 12.9. The molecule has 0 aromatic carbocycles. The molecule has 0 N–H and O–H groups in total. The smallest absolute Gasteiger partial charge is 0.261 e. The summed E-state index contributed by atoms with van der Waals surface area (Å²) < 4.78 is 28.1. The molecular weight excluding hydrogens is 522 g/mol. The molecule has 0 aromatic heterocycles. The van der Waals surface area contributed by atoms with Gasteiger partial charge in [-0.15, -0.1) is 69.6 Å². The van der Waals surface area contributed by atoms with E-state index in [0.717, 1.165) is 0 Å². The number of rotatable bonds is 9. The van der Waals surface area contributed by atoms with Crippen LogP contribution in [-0.2, 0) is 18.1 Å². The van der Waals surface area contributed by atoms with Crippen LogP contribution in [-0.4, -0.2) is 29.7 Å². The van der Waals surface area contributed by atoms with Crippen LogP contribution in [0.3, 0.4) is 0 Å². The van der Waals surface area contributed by atoms with Crippen molar-refractivity contribution in [2.45, 2.75) is 50.5 Å². The summed E-state index contributed by atoms with van der Waals surface area (Å²) in [5.74, 6) is 0. The molecule has 140 valence electrons. The van der Waals surface area contributed by atoms with Gasteiger partial charge in [0.1, 0.15) is 0 Å². The first-order valence-corrected chi connectivity index (χ1v) is 10.8. The molecule has 0 amide bonds. The minimum atomic E-state index is -4.65. The molecule has 0 heterocycles. The van der Waals surface area contributed by atoms with Gasteiger partial charge < -0.3 is 0 Å². The Morgan fingerprint density at radius 1 is 0.652 bits per heavy atom. The van der Waals surface area contributed by atoms with E-state index in [1.54, 1.807) is 0 Å². The number of hydrogen-bond acceptors (Lipinski definition) is 4. The lowest BCUT2D eigenvalue weighted by molar-refractivity contribution is 0.0187. The molecule has 0 spiro atoms. The second-order valence-electron chi connectivity index (χ2n) is 4.58. The third-order valence-corrected chi connectivity index (χ3v) is 8.23. The minimum Gasteiger partial charge on any atom is -0.261 e. The van der Waals surface area contributed by atoms with Crippen molar-refractivity contribution < 1.29 is 18.1 Å². The Morgan fingerprint density at radius 3 is 0.957 bits per heavy atom. The van der Waals surface area contributed by atoms with Crippen molar-refractivity contribution in [1.29, 1.82) is 0 Å². The fourth-order valence-corrected chi connectivity index (χ4v) is 3.97. The zero-order valence-electron chi connectivity index (χ0n) is 11.7. The van der Waals surface area contributed by atoms with E-state index in [1.165, 1.54) is 20.8 Å². The Hall–Kier alpha value is 2.72. The van der Waals surface area contributed by atoms with E-state index < -0.39 is 37.5 Å². The zero-order chi connectivity index (χ0) is 18.9. The second-order valence-corrected chi connectivity index (χ2v) is 11.6. The summed E-state index contributed by atoms with van der Waals surface area (Å²) in [6.07, 6.45) is 0. The van der Waals surface area contributed by atoms with Gasteiger partial charge in [0.25, 0.3) is 0 Å². The minimum absolute atomic E-state index is 1.20. The van der Waals surface area contributed by atoms with Crippen LogP contribution >= 0.6 is 112 Å². The zero-order valence-corrected chi connectivity index (χ0v) is 19.4. The van der Waals surface area contributed by atoms with Gasteiger partial charge in [-0.05, 0) is 20.8 Å². The van der Waals surface area contributed by atoms with E-state index in [1.807, 2.05) is 0 Å². The van der Waals surface area contributed by atoms with Gasteiger partial charge in [-0.25, -0.2) is 4.57 Å². The predicted molar refractivity (Wildman–Crippen MR) is 100 cm³/mol. The summed E-state index contributed by atoms with van der Waals surface area (Å²) in [4.78, 5) is -4.00. The van der Waals surface area contributed by atoms with Crippen molar-refractivity contribution in [3.63, 3.8) is 0 Å². The van der Waals surface area contributed by atoms with Gasteiger partial charge in [0, 0.05) is 0 Å². The summed E-state index contributed by atoms with van der Waals surface area (Å²) in [5.41, 5.74) is 0. The van der Waals surface area contributed by atoms with Gasteiger partial charge in [-0.1, -0.05) is 34.8 Å². The molecule has 0 aliphatic rings. The third-order valence-electron chi connectivity index (χ3n) is 2.04. The van der Waals surface area contributed by atoms with Crippen molar-refractivity contribution in [3.8, 4) is 0 Å². The number of phosphoric ester groups is 1. The lowest BCUT2D eigenvalue weighted by atomic mass is 10.5. The maximum atomic E-state index is 12.9. The maximum Gasteiger partial charge on any atom is 0.480 e. The van der Waals surface area contributed by atoms with Crippen LogP contribution in [0.2, 0.25) is 0 Å². The number of alkyl halides is 9. The van der Waals surface area contributed by atoms with E-state index in [4.69, 9.17) is 118 Å². The molecule has 23 heavy (non-hydrogen) atoms. The molecule has 14 heteroatoms. The average Bonchev–Trinajstić information content (AvgIpc) is 2.24. The van der Waals surface area contributed by atoms with Crippen molar-refractivity contribution in [2.24, 2.45) is 0 Å². The molecule has 3 atom stereocenters. The van der Waals surface area contributed by atoms with Crippen LogP contribution in [0.25, 0.3) is 0 Å². The highest BCUT2D eigenvalue weighted by atomic mass is 35.5. The summed E-state index contributed by atoms with van der Waals surface area (Å²) >= 11 is 51.7. The lowest BCUT2D eigenvalue weighted by Crippen LogP contribution is -2.36. The molecule has 0 bridgehead atoms. The lowest BCUT2D eigenvalue weighted by Gasteiger charge is -2.36. The molecule has 0 saturated heterocycles. The van der Waals surface area contributed by atoms with Crippen LogP contribution < -0.4 is 0 Å². The summed E-state index contributed by atoms with van der Waals surface area (Å²) in [6.45, 7) is 3.61. The van der Waals surface area contributed by atoms with Gasteiger partial charge in [-0.2, -0.15) is 0 Å². The molecule has 0 aromatic rings. The van der Waals surface area contributed by atoms with Crippen molar-refractivity contribution >= 4 is 112 Å². The quantitative estimate of drug-likeness (QED) is 0.228. The van der Waals surface area contributed by atoms with E-state index in [-0.39, 0.29) is 0 Å².